The van der Waals surface area contributed by atoms with Gasteiger partial charge in [0.1, 0.15) is 11.9 Å². The van der Waals surface area contributed by atoms with E-state index in [0.29, 0.717) is 30.2 Å². The third kappa shape index (κ3) is 3.92. The van der Waals surface area contributed by atoms with Crippen LogP contribution < -0.4 is 14.8 Å². The number of fused-ring (bicyclic) bond motifs is 1. The van der Waals surface area contributed by atoms with Crippen LogP contribution in [-0.4, -0.2) is 45.8 Å². The molecular formula is C26H24N4O4. The van der Waals surface area contributed by atoms with Gasteiger partial charge in [-0.05, 0) is 61.2 Å². The number of hydrogen-bond donors (Lipinski definition) is 2. The Morgan fingerprint density at radius 1 is 0.971 bits per heavy atom. The lowest BCUT2D eigenvalue weighted by atomic mass is 9.95. The number of benzene rings is 2. The zero-order valence-corrected chi connectivity index (χ0v) is 19.1. The Bertz CT molecular complexity index is 1400. The minimum absolute atomic E-state index is 0.364. The predicted octanol–water partition coefficient (Wildman–Crippen LogP) is 4.15. The monoisotopic (exact) mass is 456 g/mol. The van der Waals surface area contributed by atoms with E-state index in [1.54, 1.807) is 26.7 Å². The first-order chi connectivity index (χ1) is 16.4. The summed E-state index contributed by atoms with van der Waals surface area (Å²) in [5.41, 5.74) is 4.76. The van der Waals surface area contributed by atoms with E-state index in [-0.39, 0.29) is 5.91 Å². The number of anilines is 1. The van der Waals surface area contributed by atoms with Crippen molar-refractivity contribution in [3.05, 3.63) is 60.7 Å². The fourth-order valence-corrected chi connectivity index (χ4v) is 3.89. The smallest absolute Gasteiger partial charge is 0.256 e. The maximum atomic E-state index is 12.2. The molecule has 2 aromatic heterocycles. The third-order valence-electron chi connectivity index (χ3n) is 6.10. The van der Waals surface area contributed by atoms with Gasteiger partial charge in [0.15, 0.2) is 5.75 Å². The Kier molecular flexibility index (Phi) is 5.37. The quantitative estimate of drug-likeness (QED) is 0.449. The largest absolute Gasteiger partial charge is 0.491 e. The van der Waals surface area contributed by atoms with E-state index in [4.69, 9.17) is 9.47 Å². The first-order valence-corrected chi connectivity index (χ1v) is 10.9. The van der Waals surface area contributed by atoms with Crippen LogP contribution >= 0.6 is 0 Å². The van der Waals surface area contributed by atoms with Crippen LogP contribution in [0, 0.1) is 6.92 Å². The van der Waals surface area contributed by atoms with E-state index in [9.17, 15) is 9.90 Å². The number of aromatic nitrogens is 3. The van der Waals surface area contributed by atoms with E-state index in [0.717, 1.165) is 38.9 Å². The number of aliphatic hydroxyl groups is 1. The number of carbonyl (C=O) groups excluding carboxylic acids is 1. The number of nitrogens with one attached hydrogen (secondary N) is 1. The molecule has 8 nitrogen and oxygen atoms in total. The van der Waals surface area contributed by atoms with Gasteiger partial charge < -0.3 is 19.9 Å². The van der Waals surface area contributed by atoms with Crippen molar-refractivity contribution in [1.82, 2.24) is 15.0 Å². The lowest BCUT2D eigenvalue weighted by Crippen LogP contribution is -2.29. The molecule has 1 amide bonds. The number of methoxy groups -OCH3 is 2. The number of carbonyl (C=O) groups is 1. The van der Waals surface area contributed by atoms with Crippen molar-refractivity contribution in [1.29, 1.82) is 0 Å². The van der Waals surface area contributed by atoms with Crippen LogP contribution in [0.1, 0.15) is 18.5 Å². The van der Waals surface area contributed by atoms with Gasteiger partial charge in [-0.25, -0.2) is 15.0 Å². The molecule has 0 aliphatic heterocycles. The van der Waals surface area contributed by atoms with Gasteiger partial charge in [0.2, 0.25) is 0 Å². The molecule has 2 N–H and O–H groups in total. The van der Waals surface area contributed by atoms with Gasteiger partial charge in [-0.3, -0.25) is 4.79 Å². The molecule has 172 valence electrons. The van der Waals surface area contributed by atoms with E-state index in [2.05, 4.69) is 26.3 Å². The molecule has 1 saturated carbocycles. The van der Waals surface area contributed by atoms with Gasteiger partial charge in [-0.2, -0.15) is 0 Å². The zero-order chi connectivity index (χ0) is 23.9. The average molecular weight is 457 g/mol. The molecule has 1 aliphatic carbocycles. The molecule has 1 fully saturated rings. The lowest BCUT2D eigenvalue weighted by molar-refractivity contribution is -0.125. The maximum absolute atomic E-state index is 12.2. The summed E-state index contributed by atoms with van der Waals surface area (Å²) in [6.45, 7) is 1.95. The summed E-state index contributed by atoms with van der Waals surface area (Å²) in [4.78, 5) is 25.5. The highest BCUT2D eigenvalue weighted by atomic mass is 16.5. The molecule has 0 unspecified atom stereocenters. The number of nitrogens with zero attached hydrogens (tertiary/aromatic N) is 3. The summed E-state index contributed by atoms with van der Waals surface area (Å²) in [6, 6.07) is 13.5. The van der Waals surface area contributed by atoms with Crippen LogP contribution in [0.4, 0.5) is 5.69 Å². The van der Waals surface area contributed by atoms with Crippen LogP contribution in [0.2, 0.25) is 0 Å². The number of rotatable bonds is 6. The number of hydrogen-bond acceptors (Lipinski definition) is 7. The highest BCUT2D eigenvalue weighted by Crippen LogP contribution is 2.38. The highest BCUT2D eigenvalue weighted by molar-refractivity contribution is 6.00. The Hall–Kier alpha value is -4.04. The molecular weight excluding hydrogens is 432 g/mol. The summed E-state index contributed by atoms with van der Waals surface area (Å²) in [5, 5.41) is 13.7. The first-order valence-electron chi connectivity index (χ1n) is 10.9. The average Bonchev–Trinajstić information content (AvgIpc) is 3.62. The molecule has 2 aromatic carbocycles. The van der Waals surface area contributed by atoms with Crippen LogP contribution in [0.5, 0.6) is 11.6 Å². The summed E-state index contributed by atoms with van der Waals surface area (Å²) in [5.74, 6) is 0.595. The van der Waals surface area contributed by atoms with Crippen molar-refractivity contribution in [2.45, 2.75) is 25.4 Å². The van der Waals surface area contributed by atoms with Crippen molar-refractivity contribution < 1.29 is 19.4 Å². The molecule has 0 atom stereocenters. The number of aryl methyl sites for hydroxylation is 1. The minimum Gasteiger partial charge on any atom is -0.491 e. The molecule has 34 heavy (non-hydrogen) atoms. The number of ether oxygens (including phenoxy) is 2. The SMILES string of the molecule is COc1cc(-c2cc(-c3ccc(NC(=O)C4(O)CC4)cc3)c3ncnc(C)c3c2)cnc1OC. The Labute approximate surface area is 196 Å². The Morgan fingerprint density at radius 2 is 1.74 bits per heavy atom. The number of pyridine rings is 1. The van der Waals surface area contributed by atoms with Gasteiger partial charge in [-0.1, -0.05) is 12.1 Å². The van der Waals surface area contributed by atoms with Crippen molar-refractivity contribution in [2.75, 3.05) is 19.5 Å². The Balaban J connectivity index is 1.58. The molecule has 8 heteroatoms. The molecule has 0 radical (unpaired) electrons. The molecule has 0 saturated heterocycles. The summed E-state index contributed by atoms with van der Waals surface area (Å²) >= 11 is 0. The second-order valence-corrected chi connectivity index (χ2v) is 8.38. The molecule has 0 bridgehead atoms. The predicted molar refractivity (Wildman–Crippen MR) is 129 cm³/mol. The third-order valence-corrected chi connectivity index (χ3v) is 6.10. The molecule has 5 rings (SSSR count). The van der Waals surface area contributed by atoms with Gasteiger partial charge in [0.25, 0.3) is 11.8 Å². The summed E-state index contributed by atoms with van der Waals surface area (Å²) in [6.07, 6.45) is 4.30. The van der Waals surface area contributed by atoms with E-state index < -0.39 is 5.60 Å². The van der Waals surface area contributed by atoms with Gasteiger partial charge in [-0.15, -0.1) is 0 Å². The number of amides is 1. The van der Waals surface area contributed by atoms with Crippen molar-refractivity contribution in [3.63, 3.8) is 0 Å². The fraction of sp³-hybridized carbons (Fsp3) is 0.231. The highest BCUT2D eigenvalue weighted by Gasteiger charge is 2.48. The molecule has 4 aromatic rings. The van der Waals surface area contributed by atoms with E-state index >= 15 is 0 Å². The molecule has 1 aliphatic rings. The molecule has 0 spiro atoms. The fourth-order valence-electron chi connectivity index (χ4n) is 3.89. The first kappa shape index (κ1) is 21.8. The second kappa shape index (κ2) is 8.39. The van der Waals surface area contributed by atoms with Gasteiger partial charge >= 0.3 is 0 Å². The maximum Gasteiger partial charge on any atom is 0.256 e. The minimum atomic E-state index is -1.22. The van der Waals surface area contributed by atoms with Crippen molar-refractivity contribution in [2.24, 2.45) is 0 Å². The van der Waals surface area contributed by atoms with Gasteiger partial charge in [0.05, 0.1) is 19.7 Å². The van der Waals surface area contributed by atoms with E-state index in [1.165, 1.54) is 0 Å². The zero-order valence-electron chi connectivity index (χ0n) is 19.1. The normalized spacial score (nSPS) is 14.0. The topological polar surface area (TPSA) is 106 Å². The van der Waals surface area contributed by atoms with Crippen LogP contribution in [0.25, 0.3) is 33.2 Å². The Morgan fingerprint density at radius 3 is 2.41 bits per heavy atom. The van der Waals surface area contributed by atoms with Gasteiger partial charge in [0, 0.05) is 34.1 Å². The van der Waals surface area contributed by atoms with Crippen LogP contribution in [-0.2, 0) is 4.79 Å². The van der Waals surface area contributed by atoms with Crippen LogP contribution in [0.15, 0.2) is 55.0 Å². The molecule has 2 heterocycles. The summed E-state index contributed by atoms with van der Waals surface area (Å²) in [7, 11) is 3.13. The second-order valence-electron chi connectivity index (χ2n) is 8.38. The standard InChI is InChI=1S/C26H24N4O4/c1-15-20-10-17(18-12-22(33-2)24(34-3)27-13-18)11-21(23(20)29-14-28-15)16-4-6-19(7-5-16)30-25(31)26(32)8-9-26/h4-7,10-14,32H,8-9H2,1-3H3,(H,30,31). The van der Waals surface area contributed by atoms with Crippen molar-refractivity contribution in [3.8, 4) is 33.9 Å². The van der Waals surface area contributed by atoms with Crippen molar-refractivity contribution >= 4 is 22.5 Å². The van der Waals surface area contributed by atoms with E-state index in [1.807, 2.05) is 43.3 Å². The van der Waals surface area contributed by atoms with Crippen LogP contribution in [0.3, 0.4) is 0 Å². The summed E-state index contributed by atoms with van der Waals surface area (Å²) < 4.78 is 10.7. The lowest BCUT2D eigenvalue weighted by Gasteiger charge is -2.14.